The quantitative estimate of drug-likeness (QED) is 0.649. The Labute approximate surface area is 143 Å². The molecule has 1 aromatic heterocycles. The van der Waals surface area contributed by atoms with Crippen molar-refractivity contribution in [2.45, 2.75) is 26.2 Å². The number of benzene rings is 2. The Morgan fingerprint density at radius 2 is 1.75 bits per heavy atom. The Hall–Kier alpha value is -2.72. The number of nitrogens with zero attached hydrogens (tertiary/aromatic N) is 1. The summed E-state index contributed by atoms with van der Waals surface area (Å²) >= 11 is 0. The summed E-state index contributed by atoms with van der Waals surface area (Å²) in [5.74, 6) is 0. The zero-order valence-corrected chi connectivity index (χ0v) is 14.2. The first-order chi connectivity index (χ1) is 11.5. The van der Waals surface area contributed by atoms with Crippen molar-refractivity contribution in [1.82, 2.24) is 15.9 Å². The molecule has 4 heteroatoms. The van der Waals surface area contributed by atoms with Crippen molar-refractivity contribution in [1.29, 1.82) is 0 Å². The molecule has 1 aliphatic heterocycles. The molecule has 4 nitrogen and oxygen atoms in total. The molecule has 0 atom stereocenters. The van der Waals surface area contributed by atoms with E-state index in [2.05, 4.69) is 90.3 Å². The first-order valence-electron chi connectivity index (χ1n) is 8.22. The second-order valence-corrected chi connectivity index (χ2v) is 7.19. The second kappa shape index (κ2) is 5.42. The molecule has 0 fully saturated rings. The normalized spacial score (nSPS) is 14.8. The molecule has 24 heavy (non-hydrogen) atoms. The second-order valence-electron chi connectivity index (χ2n) is 7.19. The predicted octanol–water partition coefficient (Wildman–Crippen LogP) is 4.54. The Morgan fingerprint density at radius 1 is 0.958 bits per heavy atom. The maximum Gasteiger partial charge on any atom is 0.0839 e. The minimum atomic E-state index is 0. The van der Waals surface area contributed by atoms with E-state index >= 15 is 0 Å². The van der Waals surface area contributed by atoms with Gasteiger partial charge in [-0.05, 0) is 24.3 Å². The van der Waals surface area contributed by atoms with Gasteiger partial charge in [0.05, 0.1) is 11.4 Å². The lowest BCUT2D eigenvalue weighted by molar-refractivity contribution is 0.574. The first kappa shape index (κ1) is 14.8. The summed E-state index contributed by atoms with van der Waals surface area (Å²) in [5, 5.41) is 3.29. The summed E-state index contributed by atoms with van der Waals surface area (Å²) in [6.07, 6.45) is 1.98. The van der Waals surface area contributed by atoms with Crippen molar-refractivity contribution >= 4 is 22.3 Å². The fraction of sp³-hybridized carbons (Fsp3) is 0.200. The van der Waals surface area contributed by atoms with Crippen LogP contribution < -0.4 is 16.0 Å². The molecule has 0 aliphatic carbocycles. The number of aromatic amines is 1. The van der Waals surface area contributed by atoms with E-state index in [1.54, 1.807) is 0 Å². The number of rotatable bonds is 2. The molecule has 0 spiro atoms. The van der Waals surface area contributed by atoms with E-state index < -0.39 is 0 Å². The molecular formula is C20H24N4. The Kier molecular flexibility index (Phi) is 3.36. The zero-order chi connectivity index (χ0) is 16.7. The fourth-order valence-corrected chi connectivity index (χ4v) is 2.98. The molecule has 0 radical (unpaired) electrons. The van der Waals surface area contributed by atoms with Crippen LogP contribution in [-0.2, 0) is 5.41 Å². The molecule has 0 unspecified atom stereocenters. The summed E-state index contributed by atoms with van der Waals surface area (Å²) in [7, 11) is 0. The Morgan fingerprint density at radius 3 is 2.50 bits per heavy atom. The fourth-order valence-electron chi connectivity index (χ4n) is 2.98. The van der Waals surface area contributed by atoms with Crippen LogP contribution in [-0.4, -0.2) is 4.98 Å². The van der Waals surface area contributed by atoms with E-state index in [9.17, 15) is 0 Å². The van der Waals surface area contributed by atoms with Crippen molar-refractivity contribution in [2.24, 2.45) is 0 Å². The van der Waals surface area contributed by atoms with Gasteiger partial charge in [-0.2, -0.15) is 0 Å². The molecule has 2 aromatic carbocycles. The molecule has 2 heterocycles. The van der Waals surface area contributed by atoms with Crippen LogP contribution in [0.25, 0.3) is 16.6 Å². The van der Waals surface area contributed by atoms with Crippen LogP contribution in [0.5, 0.6) is 0 Å². The number of fused-ring (bicyclic) bond motifs is 1. The number of hydrazine groups is 2. The lowest BCUT2D eigenvalue weighted by atomic mass is 9.92. The van der Waals surface area contributed by atoms with E-state index in [0.29, 0.717) is 0 Å². The molecule has 0 saturated heterocycles. The monoisotopic (exact) mass is 320 g/mol. The maximum atomic E-state index is 3.53. The molecular weight excluding hydrogens is 296 g/mol. The Bertz CT molecular complexity index is 906. The van der Waals surface area contributed by atoms with E-state index in [-0.39, 0.29) is 6.84 Å². The average molecular weight is 320 g/mol. The summed E-state index contributed by atoms with van der Waals surface area (Å²) in [4.78, 5) is 3.53. The molecule has 0 amide bonds. The first-order valence-corrected chi connectivity index (χ1v) is 8.22. The SMILES string of the molecule is CC(C)(C)c1cc2cc(N3NNC=C3c3ccccc3)ccc2[nH]1.[HH]. The van der Waals surface area contributed by atoms with Gasteiger partial charge in [0.1, 0.15) is 0 Å². The van der Waals surface area contributed by atoms with Gasteiger partial charge in [0.25, 0.3) is 0 Å². The third-order valence-electron chi connectivity index (χ3n) is 4.37. The van der Waals surface area contributed by atoms with Crippen molar-refractivity contribution in [3.63, 3.8) is 0 Å². The highest BCUT2D eigenvalue weighted by molar-refractivity contribution is 5.88. The number of hydrogen-bond donors (Lipinski definition) is 3. The summed E-state index contributed by atoms with van der Waals surface area (Å²) in [6.45, 7) is 6.67. The number of hydrogen-bond acceptors (Lipinski definition) is 3. The minimum absolute atomic E-state index is 0. The molecule has 124 valence electrons. The molecule has 3 N–H and O–H groups in total. The molecule has 0 bridgehead atoms. The van der Waals surface area contributed by atoms with Crippen LogP contribution in [0.1, 0.15) is 33.5 Å². The maximum absolute atomic E-state index is 3.53. The molecule has 3 aromatic rings. The van der Waals surface area contributed by atoms with Crippen LogP contribution in [0, 0.1) is 0 Å². The highest BCUT2D eigenvalue weighted by Gasteiger charge is 2.20. The number of anilines is 1. The third kappa shape index (κ3) is 2.55. The van der Waals surface area contributed by atoms with Crippen LogP contribution in [0.15, 0.2) is 60.8 Å². The van der Waals surface area contributed by atoms with Crippen LogP contribution in [0.3, 0.4) is 0 Å². The van der Waals surface area contributed by atoms with Crippen LogP contribution in [0.2, 0.25) is 0 Å². The lowest BCUT2D eigenvalue weighted by Crippen LogP contribution is -2.36. The number of H-pyrrole nitrogens is 1. The molecule has 1 aliphatic rings. The van der Waals surface area contributed by atoms with Crippen molar-refractivity contribution in [3.05, 3.63) is 72.1 Å². The highest BCUT2D eigenvalue weighted by atomic mass is 15.7. The predicted molar refractivity (Wildman–Crippen MR) is 102 cm³/mol. The van der Waals surface area contributed by atoms with Gasteiger partial charge in [-0.15, -0.1) is 5.53 Å². The summed E-state index contributed by atoms with van der Waals surface area (Å²) in [6, 6.07) is 19.1. The highest BCUT2D eigenvalue weighted by Crippen LogP contribution is 2.31. The molecule has 0 saturated carbocycles. The smallest absolute Gasteiger partial charge is 0.0839 e. The van der Waals surface area contributed by atoms with Gasteiger partial charge < -0.3 is 10.4 Å². The van der Waals surface area contributed by atoms with Gasteiger partial charge in [0, 0.05) is 35.2 Å². The average Bonchev–Trinajstić information content (AvgIpc) is 3.21. The topological polar surface area (TPSA) is 43.1 Å². The number of nitrogens with one attached hydrogen (secondary N) is 3. The largest absolute Gasteiger partial charge is 0.358 e. The Balaban J connectivity index is 0.00000182. The minimum Gasteiger partial charge on any atom is -0.358 e. The van der Waals surface area contributed by atoms with Crippen molar-refractivity contribution < 1.29 is 1.43 Å². The van der Waals surface area contributed by atoms with E-state index in [1.807, 2.05) is 12.3 Å². The standard InChI is InChI=1S/C20H22N4.H2/c1-20(2,3)19-12-15-11-16(9-10-17(15)22-19)24-18(13-21-23-24)14-7-5-4-6-8-14;/h4-13,21-23H,1-3H3;1H. The van der Waals surface area contributed by atoms with Crippen molar-refractivity contribution in [2.75, 3.05) is 5.01 Å². The zero-order valence-electron chi connectivity index (χ0n) is 14.2. The molecule has 4 rings (SSSR count). The van der Waals surface area contributed by atoms with Crippen LogP contribution >= 0.6 is 0 Å². The van der Waals surface area contributed by atoms with Gasteiger partial charge in [-0.3, -0.25) is 5.01 Å². The third-order valence-corrected chi connectivity index (χ3v) is 4.37. The summed E-state index contributed by atoms with van der Waals surface area (Å²) < 4.78 is 0. The van der Waals surface area contributed by atoms with E-state index in [0.717, 1.165) is 11.4 Å². The van der Waals surface area contributed by atoms with Gasteiger partial charge in [-0.1, -0.05) is 51.1 Å². The number of aromatic nitrogens is 1. The van der Waals surface area contributed by atoms with Gasteiger partial charge in [0.2, 0.25) is 0 Å². The van der Waals surface area contributed by atoms with Crippen molar-refractivity contribution in [3.8, 4) is 0 Å². The summed E-state index contributed by atoms with van der Waals surface area (Å²) in [5.41, 5.74) is 12.2. The van der Waals surface area contributed by atoms with Crippen LogP contribution in [0.4, 0.5) is 5.69 Å². The van der Waals surface area contributed by atoms with E-state index in [1.165, 1.54) is 22.2 Å². The lowest BCUT2D eigenvalue weighted by Gasteiger charge is -2.21. The van der Waals surface area contributed by atoms with E-state index in [4.69, 9.17) is 0 Å². The van der Waals surface area contributed by atoms with Gasteiger partial charge in [0.15, 0.2) is 0 Å². The van der Waals surface area contributed by atoms with Gasteiger partial charge in [-0.25, -0.2) is 0 Å². The van der Waals surface area contributed by atoms with Gasteiger partial charge >= 0.3 is 0 Å².